The van der Waals surface area contributed by atoms with Crippen molar-refractivity contribution >= 4 is 16.8 Å². The van der Waals surface area contributed by atoms with Crippen molar-refractivity contribution in [3.05, 3.63) is 47.3 Å². The zero-order chi connectivity index (χ0) is 15.4. The van der Waals surface area contributed by atoms with E-state index in [-0.39, 0.29) is 5.56 Å². The Balaban J connectivity index is 2.17. The zero-order valence-corrected chi connectivity index (χ0v) is 12.9. The predicted molar refractivity (Wildman–Crippen MR) is 80.8 cm³/mol. The lowest BCUT2D eigenvalue weighted by Gasteiger charge is -2.05. The van der Waals surface area contributed by atoms with Crippen LogP contribution in [-0.2, 0) is 29.5 Å². The Kier molecular flexibility index (Phi) is 4.90. The van der Waals surface area contributed by atoms with Gasteiger partial charge >= 0.3 is 5.97 Å². The van der Waals surface area contributed by atoms with Crippen LogP contribution in [0, 0.1) is 0 Å². The minimum absolute atomic E-state index is 0.197. The third-order valence-electron chi connectivity index (χ3n) is 3.22. The molecule has 1 N–H and O–H groups in total. The van der Waals surface area contributed by atoms with Gasteiger partial charge in [0.2, 0.25) is 0 Å². The number of carboxylic acids is 1. The predicted octanol–water partition coefficient (Wildman–Crippen LogP) is 2.47. The molecule has 1 aromatic carbocycles. The van der Waals surface area contributed by atoms with Crippen molar-refractivity contribution in [3.63, 3.8) is 0 Å². The third kappa shape index (κ3) is 3.58. The first-order valence-corrected chi connectivity index (χ1v) is 8.14. The van der Waals surface area contributed by atoms with Crippen LogP contribution in [0.25, 0.3) is 0 Å². The highest BCUT2D eigenvalue weighted by atomic mass is 32.2. The van der Waals surface area contributed by atoms with Gasteiger partial charge in [0.05, 0.1) is 33.5 Å². The van der Waals surface area contributed by atoms with Crippen LogP contribution >= 0.6 is 0 Å². The van der Waals surface area contributed by atoms with Gasteiger partial charge in [0.1, 0.15) is 0 Å². The number of aryl methyl sites for hydroxylation is 2. The number of carbonyl (C=O) groups is 1. The Labute approximate surface area is 126 Å². The number of nitrogens with zero attached hydrogens (tertiary/aromatic N) is 2. The van der Waals surface area contributed by atoms with Gasteiger partial charge < -0.3 is 5.11 Å². The molecule has 0 amide bonds. The van der Waals surface area contributed by atoms with E-state index in [1.807, 2.05) is 24.6 Å². The monoisotopic (exact) mass is 306 g/mol. The van der Waals surface area contributed by atoms with Crippen molar-refractivity contribution < 1.29 is 14.1 Å². The number of hydrogen-bond donors (Lipinski definition) is 1. The van der Waals surface area contributed by atoms with Crippen LogP contribution in [0.3, 0.4) is 0 Å². The maximum atomic E-state index is 12.4. The smallest absolute Gasteiger partial charge is 0.335 e. The maximum absolute atomic E-state index is 12.4. The first-order valence-electron chi connectivity index (χ1n) is 6.82. The summed E-state index contributed by atoms with van der Waals surface area (Å²) in [7, 11) is -1.21. The first kappa shape index (κ1) is 15.4. The Morgan fingerprint density at radius 1 is 1.29 bits per heavy atom. The van der Waals surface area contributed by atoms with E-state index in [0.717, 1.165) is 24.4 Å². The lowest BCUT2D eigenvalue weighted by atomic mass is 10.2. The van der Waals surface area contributed by atoms with E-state index in [4.69, 9.17) is 5.11 Å². The molecule has 0 bridgehead atoms. The summed E-state index contributed by atoms with van der Waals surface area (Å²) in [5.74, 6) is -0.600. The zero-order valence-electron chi connectivity index (χ0n) is 12.1. The number of aromatic carboxylic acids is 1. The molecule has 0 spiro atoms. The van der Waals surface area contributed by atoms with Crippen molar-refractivity contribution in [1.82, 2.24) is 9.78 Å². The van der Waals surface area contributed by atoms with E-state index in [1.165, 1.54) is 12.1 Å². The second-order valence-corrected chi connectivity index (χ2v) is 6.07. The molecular formula is C15H18N2O3S. The molecule has 0 saturated heterocycles. The van der Waals surface area contributed by atoms with Crippen LogP contribution in [0.4, 0.5) is 0 Å². The van der Waals surface area contributed by atoms with Crippen molar-refractivity contribution in [2.45, 2.75) is 37.5 Å². The molecule has 0 aliphatic heterocycles. The van der Waals surface area contributed by atoms with Gasteiger partial charge in [-0.05, 0) is 43.7 Å². The summed E-state index contributed by atoms with van der Waals surface area (Å²) >= 11 is 0. The van der Waals surface area contributed by atoms with E-state index in [1.54, 1.807) is 12.1 Å². The molecule has 0 saturated carbocycles. The molecule has 21 heavy (non-hydrogen) atoms. The molecule has 6 heteroatoms. The summed E-state index contributed by atoms with van der Waals surface area (Å²) in [6.45, 7) is 4.78. The van der Waals surface area contributed by atoms with Crippen LogP contribution in [0.15, 0.2) is 35.2 Å². The van der Waals surface area contributed by atoms with E-state index in [9.17, 15) is 9.00 Å². The standard InChI is InChI=1S/C15H18N2O3S/c1-3-12-9-13(17(4-2)16-12)10-21(20)14-7-5-11(6-8-14)15(18)19/h5-9H,3-4,10H2,1-2H3,(H,18,19). The highest BCUT2D eigenvalue weighted by Crippen LogP contribution is 2.15. The SMILES string of the molecule is CCc1cc(CS(=O)c2ccc(C(=O)O)cc2)n(CC)n1. The summed E-state index contributed by atoms with van der Waals surface area (Å²) in [6.07, 6.45) is 0.847. The van der Waals surface area contributed by atoms with Gasteiger partial charge in [-0.2, -0.15) is 5.10 Å². The van der Waals surface area contributed by atoms with Crippen molar-refractivity contribution in [3.8, 4) is 0 Å². The number of rotatable bonds is 6. The minimum Gasteiger partial charge on any atom is -0.478 e. The molecule has 0 radical (unpaired) electrons. The number of benzene rings is 1. The van der Waals surface area contributed by atoms with Gasteiger partial charge in [0.15, 0.2) is 0 Å². The largest absolute Gasteiger partial charge is 0.478 e. The number of hydrogen-bond acceptors (Lipinski definition) is 3. The fourth-order valence-corrected chi connectivity index (χ4v) is 3.15. The Morgan fingerprint density at radius 3 is 2.48 bits per heavy atom. The Bertz CT molecular complexity index is 662. The molecule has 5 nitrogen and oxygen atoms in total. The molecule has 2 aromatic rings. The van der Waals surface area contributed by atoms with Crippen molar-refractivity contribution in [2.24, 2.45) is 0 Å². The van der Waals surface area contributed by atoms with Gasteiger partial charge in [-0.15, -0.1) is 0 Å². The van der Waals surface area contributed by atoms with E-state index in [2.05, 4.69) is 5.10 Å². The molecule has 1 atom stereocenters. The molecule has 1 unspecified atom stereocenters. The maximum Gasteiger partial charge on any atom is 0.335 e. The molecule has 0 aliphatic carbocycles. The van der Waals surface area contributed by atoms with Gasteiger partial charge in [-0.3, -0.25) is 8.89 Å². The molecule has 112 valence electrons. The van der Waals surface area contributed by atoms with E-state index in [0.29, 0.717) is 10.6 Å². The summed E-state index contributed by atoms with van der Waals surface area (Å²) in [4.78, 5) is 11.4. The van der Waals surface area contributed by atoms with Gasteiger partial charge in [0.25, 0.3) is 0 Å². The summed E-state index contributed by atoms with van der Waals surface area (Å²) in [6, 6.07) is 8.14. The highest BCUT2D eigenvalue weighted by molar-refractivity contribution is 7.84. The summed E-state index contributed by atoms with van der Waals surface area (Å²) in [5.41, 5.74) is 2.13. The minimum atomic E-state index is -1.21. The van der Waals surface area contributed by atoms with Crippen LogP contribution in [0.5, 0.6) is 0 Å². The Hall–Kier alpha value is -1.95. The number of carboxylic acid groups (broad SMARTS) is 1. The molecule has 0 aliphatic rings. The van der Waals surface area contributed by atoms with E-state index < -0.39 is 16.8 Å². The quantitative estimate of drug-likeness (QED) is 0.890. The topological polar surface area (TPSA) is 72.2 Å². The normalized spacial score (nSPS) is 12.3. The van der Waals surface area contributed by atoms with Gasteiger partial charge in [0, 0.05) is 11.4 Å². The van der Waals surface area contributed by atoms with Gasteiger partial charge in [-0.25, -0.2) is 4.79 Å². The van der Waals surface area contributed by atoms with Crippen LogP contribution in [-0.4, -0.2) is 25.1 Å². The van der Waals surface area contributed by atoms with Crippen LogP contribution in [0.1, 0.15) is 35.6 Å². The molecular weight excluding hydrogens is 288 g/mol. The van der Waals surface area contributed by atoms with E-state index >= 15 is 0 Å². The average Bonchev–Trinajstić information content (AvgIpc) is 2.89. The summed E-state index contributed by atoms with van der Waals surface area (Å²) < 4.78 is 14.2. The lowest BCUT2D eigenvalue weighted by Crippen LogP contribution is -2.06. The summed E-state index contributed by atoms with van der Waals surface area (Å²) in [5, 5.41) is 13.3. The van der Waals surface area contributed by atoms with Crippen molar-refractivity contribution in [2.75, 3.05) is 0 Å². The first-order chi connectivity index (χ1) is 10.0. The number of aromatic nitrogens is 2. The van der Waals surface area contributed by atoms with Crippen LogP contribution in [0.2, 0.25) is 0 Å². The fourth-order valence-electron chi connectivity index (χ4n) is 2.04. The Morgan fingerprint density at radius 2 is 1.95 bits per heavy atom. The third-order valence-corrected chi connectivity index (χ3v) is 4.57. The fraction of sp³-hybridized carbons (Fsp3) is 0.333. The average molecular weight is 306 g/mol. The molecule has 0 fully saturated rings. The van der Waals surface area contributed by atoms with Crippen LogP contribution < -0.4 is 0 Å². The molecule has 1 aromatic heterocycles. The van der Waals surface area contributed by atoms with Gasteiger partial charge in [-0.1, -0.05) is 6.92 Å². The second-order valence-electron chi connectivity index (χ2n) is 4.62. The molecule has 2 rings (SSSR count). The molecule has 1 heterocycles. The van der Waals surface area contributed by atoms with Crippen molar-refractivity contribution in [1.29, 1.82) is 0 Å². The second kappa shape index (κ2) is 6.67. The highest BCUT2D eigenvalue weighted by Gasteiger charge is 2.12. The lowest BCUT2D eigenvalue weighted by molar-refractivity contribution is 0.0697.